The van der Waals surface area contributed by atoms with E-state index >= 15 is 0 Å². The molecule has 112 valence electrons. The van der Waals surface area contributed by atoms with Crippen LogP contribution in [0.5, 0.6) is 0 Å². The standard InChI is InChI=1S/C15H26N4O/c1-3-5-16-11-14-4-6-18(12-14)13-15(20)19-9-7-17(2)8-10-19/h4,6,12,16H,3,5,7-11,13H2,1-2H3. The largest absolute Gasteiger partial charge is 0.345 e. The SMILES string of the molecule is CCCNCc1ccn(CC(=O)N2CCN(C)CC2)c1. The van der Waals surface area contributed by atoms with Gasteiger partial charge < -0.3 is 19.7 Å². The molecule has 2 rings (SSSR count). The van der Waals surface area contributed by atoms with E-state index < -0.39 is 0 Å². The summed E-state index contributed by atoms with van der Waals surface area (Å²) >= 11 is 0. The molecular formula is C15H26N4O. The molecule has 0 aromatic carbocycles. The van der Waals surface area contributed by atoms with Gasteiger partial charge in [-0.2, -0.15) is 0 Å². The lowest BCUT2D eigenvalue weighted by molar-refractivity contribution is -0.133. The number of hydrogen-bond acceptors (Lipinski definition) is 3. The normalized spacial score (nSPS) is 16.6. The summed E-state index contributed by atoms with van der Waals surface area (Å²) in [6, 6.07) is 2.08. The van der Waals surface area contributed by atoms with Crippen LogP contribution >= 0.6 is 0 Å². The average Bonchev–Trinajstić information content (AvgIpc) is 2.87. The number of nitrogens with one attached hydrogen (secondary N) is 1. The molecular weight excluding hydrogens is 252 g/mol. The summed E-state index contributed by atoms with van der Waals surface area (Å²) in [5.74, 6) is 0.224. The molecule has 0 saturated carbocycles. The second-order valence-corrected chi connectivity index (χ2v) is 5.55. The second kappa shape index (κ2) is 7.45. The first-order valence-electron chi connectivity index (χ1n) is 7.50. The smallest absolute Gasteiger partial charge is 0.242 e. The van der Waals surface area contributed by atoms with Crippen molar-refractivity contribution < 1.29 is 4.79 Å². The van der Waals surface area contributed by atoms with E-state index in [-0.39, 0.29) is 5.91 Å². The van der Waals surface area contributed by atoms with Crippen LogP contribution in [0.4, 0.5) is 0 Å². The van der Waals surface area contributed by atoms with Crippen LogP contribution in [0.25, 0.3) is 0 Å². The van der Waals surface area contributed by atoms with Crippen LogP contribution in [-0.4, -0.2) is 60.0 Å². The van der Waals surface area contributed by atoms with Crippen molar-refractivity contribution in [3.05, 3.63) is 24.0 Å². The van der Waals surface area contributed by atoms with Crippen molar-refractivity contribution in [2.45, 2.75) is 26.4 Å². The van der Waals surface area contributed by atoms with Crippen LogP contribution in [0.2, 0.25) is 0 Å². The first kappa shape index (κ1) is 15.1. The van der Waals surface area contributed by atoms with Crippen molar-refractivity contribution in [2.75, 3.05) is 39.8 Å². The van der Waals surface area contributed by atoms with E-state index in [2.05, 4.69) is 36.5 Å². The predicted molar refractivity (Wildman–Crippen MR) is 80.5 cm³/mol. The van der Waals surface area contributed by atoms with Gasteiger partial charge in [-0.3, -0.25) is 4.79 Å². The quantitative estimate of drug-likeness (QED) is 0.781. The molecule has 5 nitrogen and oxygen atoms in total. The highest BCUT2D eigenvalue weighted by Gasteiger charge is 2.18. The highest BCUT2D eigenvalue weighted by molar-refractivity contribution is 5.76. The number of aromatic nitrogens is 1. The molecule has 1 fully saturated rings. The van der Waals surface area contributed by atoms with Crippen molar-refractivity contribution in [1.82, 2.24) is 19.7 Å². The van der Waals surface area contributed by atoms with Gasteiger partial charge in [-0.25, -0.2) is 0 Å². The first-order valence-corrected chi connectivity index (χ1v) is 7.50. The van der Waals surface area contributed by atoms with Crippen LogP contribution in [0, 0.1) is 0 Å². The fourth-order valence-electron chi connectivity index (χ4n) is 2.41. The highest BCUT2D eigenvalue weighted by atomic mass is 16.2. The van der Waals surface area contributed by atoms with Crippen molar-refractivity contribution in [3.63, 3.8) is 0 Å². The zero-order valence-corrected chi connectivity index (χ0v) is 12.6. The number of likely N-dealkylation sites (N-methyl/N-ethyl adjacent to an activating group) is 1. The van der Waals surface area contributed by atoms with E-state index in [1.807, 2.05) is 15.7 Å². The van der Waals surface area contributed by atoms with Gasteiger partial charge in [-0.15, -0.1) is 0 Å². The third-order valence-electron chi connectivity index (χ3n) is 3.74. The summed E-state index contributed by atoms with van der Waals surface area (Å²) in [5, 5.41) is 3.37. The molecule has 0 atom stereocenters. The van der Waals surface area contributed by atoms with Gasteiger partial charge in [-0.1, -0.05) is 6.92 Å². The van der Waals surface area contributed by atoms with E-state index in [1.165, 1.54) is 5.56 Å². The number of carbonyl (C=O) groups excluding carboxylic acids is 1. The number of carbonyl (C=O) groups is 1. The highest BCUT2D eigenvalue weighted by Crippen LogP contribution is 2.05. The predicted octanol–water partition coefficient (Wildman–Crippen LogP) is 0.762. The molecule has 5 heteroatoms. The van der Waals surface area contributed by atoms with Crippen molar-refractivity contribution >= 4 is 5.91 Å². The minimum Gasteiger partial charge on any atom is -0.345 e. The summed E-state index contributed by atoms with van der Waals surface area (Å²) in [6.07, 6.45) is 5.20. The van der Waals surface area contributed by atoms with Gasteiger partial charge in [0.25, 0.3) is 0 Å². The van der Waals surface area contributed by atoms with Gasteiger partial charge in [0.15, 0.2) is 0 Å². The fourth-order valence-corrected chi connectivity index (χ4v) is 2.41. The van der Waals surface area contributed by atoms with Crippen LogP contribution in [0.1, 0.15) is 18.9 Å². The Hall–Kier alpha value is -1.33. The van der Waals surface area contributed by atoms with Gasteiger partial charge in [0.1, 0.15) is 6.54 Å². The first-order chi connectivity index (χ1) is 9.69. The van der Waals surface area contributed by atoms with Gasteiger partial charge >= 0.3 is 0 Å². The molecule has 1 aliphatic heterocycles. The molecule has 1 aromatic rings. The zero-order chi connectivity index (χ0) is 14.4. The number of piperazine rings is 1. The summed E-state index contributed by atoms with van der Waals surface area (Å²) in [5.41, 5.74) is 1.24. The Labute approximate surface area is 121 Å². The lowest BCUT2D eigenvalue weighted by Gasteiger charge is -2.32. The van der Waals surface area contributed by atoms with Crippen LogP contribution < -0.4 is 5.32 Å². The van der Waals surface area contributed by atoms with E-state index in [9.17, 15) is 4.79 Å². The number of hydrogen-bond donors (Lipinski definition) is 1. The topological polar surface area (TPSA) is 40.5 Å². The Bertz CT molecular complexity index is 421. The van der Waals surface area contributed by atoms with Crippen molar-refractivity contribution in [1.29, 1.82) is 0 Å². The maximum absolute atomic E-state index is 12.2. The van der Waals surface area contributed by atoms with Crippen LogP contribution in [0.15, 0.2) is 18.5 Å². The molecule has 2 heterocycles. The monoisotopic (exact) mass is 278 g/mol. The van der Waals surface area contributed by atoms with Crippen LogP contribution in [0.3, 0.4) is 0 Å². The van der Waals surface area contributed by atoms with E-state index in [0.29, 0.717) is 6.54 Å². The summed E-state index contributed by atoms with van der Waals surface area (Å²) in [4.78, 5) is 16.4. The molecule has 0 radical (unpaired) electrons. The van der Waals surface area contributed by atoms with E-state index in [4.69, 9.17) is 0 Å². The third-order valence-corrected chi connectivity index (χ3v) is 3.74. The number of rotatable bonds is 6. The van der Waals surface area contributed by atoms with Crippen LogP contribution in [-0.2, 0) is 17.9 Å². The molecule has 0 bridgehead atoms. The third kappa shape index (κ3) is 4.35. The molecule has 0 spiro atoms. The molecule has 1 aromatic heterocycles. The zero-order valence-electron chi connectivity index (χ0n) is 12.6. The van der Waals surface area contributed by atoms with Crippen molar-refractivity contribution in [3.8, 4) is 0 Å². The average molecular weight is 278 g/mol. The lowest BCUT2D eigenvalue weighted by Crippen LogP contribution is -2.48. The molecule has 1 amide bonds. The number of nitrogens with zero attached hydrogens (tertiary/aromatic N) is 3. The summed E-state index contributed by atoms with van der Waals surface area (Å²) in [6.45, 7) is 8.18. The fraction of sp³-hybridized carbons (Fsp3) is 0.667. The Kier molecular flexibility index (Phi) is 5.61. The molecule has 20 heavy (non-hydrogen) atoms. The minimum absolute atomic E-state index is 0.224. The Balaban J connectivity index is 1.79. The molecule has 1 N–H and O–H groups in total. The van der Waals surface area contributed by atoms with Gasteiger partial charge in [0.05, 0.1) is 0 Å². The molecule has 1 saturated heterocycles. The Morgan fingerprint density at radius 1 is 1.30 bits per heavy atom. The Morgan fingerprint density at radius 3 is 2.75 bits per heavy atom. The molecule has 0 aliphatic carbocycles. The molecule has 1 aliphatic rings. The lowest BCUT2D eigenvalue weighted by atomic mass is 10.3. The van der Waals surface area contributed by atoms with Gasteiger partial charge in [0, 0.05) is 45.1 Å². The van der Waals surface area contributed by atoms with E-state index in [1.54, 1.807) is 0 Å². The summed E-state index contributed by atoms with van der Waals surface area (Å²) in [7, 11) is 2.10. The Morgan fingerprint density at radius 2 is 2.05 bits per heavy atom. The second-order valence-electron chi connectivity index (χ2n) is 5.55. The maximum Gasteiger partial charge on any atom is 0.242 e. The summed E-state index contributed by atoms with van der Waals surface area (Å²) < 4.78 is 1.99. The van der Waals surface area contributed by atoms with Crippen molar-refractivity contribution in [2.24, 2.45) is 0 Å². The minimum atomic E-state index is 0.224. The van der Waals surface area contributed by atoms with E-state index in [0.717, 1.165) is 45.7 Å². The van der Waals surface area contributed by atoms with Gasteiger partial charge in [-0.05, 0) is 31.6 Å². The van der Waals surface area contributed by atoms with Gasteiger partial charge in [0.2, 0.25) is 5.91 Å². The maximum atomic E-state index is 12.2. The molecule has 0 unspecified atom stereocenters. The number of amides is 1.